The summed E-state index contributed by atoms with van der Waals surface area (Å²) < 4.78 is 7.65. The van der Waals surface area contributed by atoms with Gasteiger partial charge in [-0.05, 0) is 31.0 Å². The van der Waals surface area contributed by atoms with Crippen molar-refractivity contribution in [2.45, 2.75) is 19.4 Å². The van der Waals surface area contributed by atoms with Gasteiger partial charge in [0, 0.05) is 61.3 Å². The van der Waals surface area contributed by atoms with E-state index in [1.165, 1.54) is 0 Å². The number of nitrogen functional groups attached to an aromatic ring is 1. The fourth-order valence-electron chi connectivity index (χ4n) is 4.90. The molecule has 1 aromatic carbocycles. The number of hydrogen-bond donors (Lipinski definition) is 1. The summed E-state index contributed by atoms with van der Waals surface area (Å²) in [5.74, 6) is 2.78. The fraction of sp³-hybridized carbons (Fsp3) is 0.259. The lowest BCUT2D eigenvalue weighted by Gasteiger charge is -2.20. The van der Waals surface area contributed by atoms with Crippen LogP contribution < -0.4 is 10.6 Å². The van der Waals surface area contributed by atoms with E-state index >= 15 is 0 Å². The molecule has 0 saturated carbocycles. The third-order valence-electron chi connectivity index (χ3n) is 6.75. The Hall–Kier alpha value is -3.82. The van der Waals surface area contributed by atoms with Crippen LogP contribution in [0.25, 0.3) is 43.4 Å². The topological polar surface area (TPSA) is 95.0 Å². The van der Waals surface area contributed by atoms with Crippen molar-refractivity contribution in [3.8, 4) is 33.2 Å². The van der Waals surface area contributed by atoms with E-state index in [1.54, 1.807) is 24.6 Å². The van der Waals surface area contributed by atoms with E-state index in [4.69, 9.17) is 20.4 Å². The number of fused-ring (bicyclic) bond motifs is 1. The Labute approximate surface area is 213 Å². The van der Waals surface area contributed by atoms with Crippen LogP contribution in [0.4, 0.5) is 11.6 Å². The van der Waals surface area contributed by atoms with Crippen molar-refractivity contribution < 1.29 is 4.74 Å². The number of pyridine rings is 1. The van der Waals surface area contributed by atoms with Gasteiger partial charge < -0.3 is 19.9 Å². The molecule has 9 heteroatoms. The molecule has 1 aliphatic rings. The number of anilines is 2. The fourth-order valence-corrected chi connectivity index (χ4v) is 6.16. The minimum atomic E-state index is 0.174. The summed E-state index contributed by atoms with van der Waals surface area (Å²) in [4.78, 5) is 23.6. The summed E-state index contributed by atoms with van der Waals surface area (Å²) in [5, 5.41) is 1.05. The third kappa shape index (κ3) is 3.81. The van der Waals surface area contributed by atoms with Crippen LogP contribution >= 0.6 is 11.3 Å². The summed E-state index contributed by atoms with van der Waals surface area (Å²) in [5.41, 5.74) is 10.2. The molecule has 0 spiro atoms. The molecule has 6 rings (SSSR count). The Morgan fingerprint density at radius 2 is 1.92 bits per heavy atom. The Morgan fingerprint density at radius 1 is 1.08 bits per heavy atom. The zero-order valence-corrected chi connectivity index (χ0v) is 21.3. The molecular formula is C27H27N7OS. The normalized spacial score (nSPS) is 15.8. The number of thiophene rings is 1. The molecule has 182 valence electrons. The Bertz CT molecular complexity index is 1560. The molecule has 0 aliphatic carbocycles. The zero-order valence-electron chi connectivity index (χ0n) is 20.5. The standard InChI is InChI=1S/C27H27N7OS/c1-16-19(9-10-20(28)30-16)23-21(17-7-5-4-6-8-17)22-25(34-13-11-18(15-34)35-3)31-24(32-27(22)36-23)26-29-12-14-33(26)2/h4-10,12,14,18H,11,13,15H2,1-3H3,(H2,28,30). The van der Waals surface area contributed by atoms with Crippen LogP contribution in [0.1, 0.15) is 12.1 Å². The van der Waals surface area contributed by atoms with Crippen molar-refractivity contribution in [2.75, 3.05) is 30.8 Å². The first-order chi connectivity index (χ1) is 17.5. The summed E-state index contributed by atoms with van der Waals surface area (Å²) in [7, 11) is 3.74. The van der Waals surface area contributed by atoms with Crippen molar-refractivity contribution in [3.05, 3.63) is 60.6 Å². The molecule has 1 atom stereocenters. The van der Waals surface area contributed by atoms with Crippen LogP contribution in [0.3, 0.4) is 0 Å². The predicted molar refractivity (Wildman–Crippen MR) is 145 cm³/mol. The molecule has 1 unspecified atom stereocenters. The summed E-state index contributed by atoms with van der Waals surface area (Å²) in [6.45, 7) is 3.65. The Kier molecular flexibility index (Phi) is 5.66. The van der Waals surface area contributed by atoms with Crippen LogP contribution in [0.2, 0.25) is 0 Å². The predicted octanol–water partition coefficient (Wildman–Crippen LogP) is 4.94. The maximum Gasteiger partial charge on any atom is 0.199 e. The number of nitrogens with zero attached hydrogens (tertiary/aromatic N) is 6. The van der Waals surface area contributed by atoms with Gasteiger partial charge in [-0.2, -0.15) is 0 Å². The van der Waals surface area contributed by atoms with E-state index in [0.29, 0.717) is 11.6 Å². The largest absolute Gasteiger partial charge is 0.384 e. The minimum Gasteiger partial charge on any atom is -0.384 e. The molecule has 5 aromatic rings. The van der Waals surface area contributed by atoms with Gasteiger partial charge in [0.1, 0.15) is 16.5 Å². The molecule has 0 radical (unpaired) electrons. The first-order valence-corrected chi connectivity index (χ1v) is 12.7. The second-order valence-corrected chi connectivity index (χ2v) is 10.0. The monoisotopic (exact) mass is 497 g/mol. The summed E-state index contributed by atoms with van der Waals surface area (Å²) >= 11 is 1.66. The molecular weight excluding hydrogens is 470 g/mol. The molecule has 5 heterocycles. The van der Waals surface area contributed by atoms with Gasteiger partial charge in [-0.1, -0.05) is 30.3 Å². The van der Waals surface area contributed by atoms with E-state index in [-0.39, 0.29) is 6.10 Å². The van der Waals surface area contributed by atoms with Gasteiger partial charge in [-0.25, -0.2) is 19.9 Å². The van der Waals surface area contributed by atoms with Gasteiger partial charge in [0.2, 0.25) is 0 Å². The van der Waals surface area contributed by atoms with Crippen LogP contribution in [0.15, 0.2) is 54.9 Å². The number of ether oxygens (including phenoxy) is 1. The maximum absolute atomic E-state index is 5.99. The summed E-state index contributed by atoms with van der Waals surface area (Å²) in [6.07, 6.45) is 4.82. The average Bonchev–Trinajstić information content (AvgIpc) is 3.62. The lowest BCUT2D eigenvalue weighted by Crippen LogP contribution is -2.23. The van der Waals surface area contributed by atoms with Crippen LogP contribution in [-0.4, -0.2) is 50.8 Å². The first-order valence-electron chi connectivity index (χ1n) is 11.9. The Morgan fingerprint density at radius 3 is 2.61 bits per heavy atom. The van der Waals surface area contributed by atoms with Gasteiger partial charge in [0.25, 0.3) is 0 Å². The number of methoxy groups -OCH3 is 1. The van der Waals surface area contributed by atoms with Crippen molar-refractivity contribution in [1.29, 1.82) is 0 Å². The van der Waals surface area contributed by atoms with E-state index in [0.717, 1.165) is 68.6 Å². The average molecular weight is 498 g/mol. The van der Waals surface area contributed by atoms with Gasteiger partial charge in [-0.3, -0.25) is 0 Å². The summed E-state index contributed by atoms with van der Waals surface area (Å²) in [6, 6.07) is 14.4. The van der Waals surface area contributed by atoms with Crippen molar-refractivity contribution >= 4 is 33.2 Å². The second-order valence-electron chi connectivity index (χ2n) is 9.05. The first kappa shape index (κ1) is 22.6. The molecule has 2 N–H and O–H groups in total. The zero-order chi connectivity index (χ0) is 24.8. The quantitative estimate of drug-likeness (QED) is 0.368. The molecule has 1 aliphatic heterocycles. The van der Waals surface area contributed by atoms with Gasteiger partial charge in [0.15, 0.2) is 11.6 Å². The highest BCUT2D eigenvalue weighted by Gasteiger charge is 2.30. The van der Waals surface area contributed by atoms with Crippen LogP contribution in [0.5, 0.6) is 0 Å². The van der Waals surface area contributed by atoms with Crippen molar-refractivity contribution in [2.24, 2.45) is 7.05 Å². The van der Waals surface area contributed by atoms with Crippen molar-refractivity contribution in [3.63, 3.8) is 0 Å². The second kappa shape index (κ2) is 9.00. The highest BCUT2D eigenvalue weighted by molar-refractivity contribution is 7.22. The maximum atomic E-state index is 5.99. The van der Waals surface area contributed by atoms with Crippen molar-refractivity contribution in [1.82, 2.24) is 24.5 Å². The van der Waals surface area contributed by atoms with Gasteiger partial charge in [0.05, 0.1) is 11.5 Å². The molecule has 36 heavy (non-hydrogen) atoms. The lowest BCUT2D eigenvalue weighted by molar-refractivity contribution is 0.121. The van der Waals surface area contributed by atoms with Crippen LogP contribution in [0, 0.1) is 6.92 Å². The molecule has 8 nitrogen and oxygen atoms in total. The number of benzene rings is 1. The number of aryl methyl sites for hydroxylation is 2. The molecule has 1 saturated heterocycles. The van der Waals surface area contributed by atoms with E-state index < -0.39 is 0 Å². The van der Waals surface area contributed by atoms with E-state index in [9.17, 15) is 0 Å². The number of aromatic nitrogens is 5. The number of rotatable bonds is 5. The molecule has 1 fully saturated rings. The molecule has 4 aromatic heterocycles. The Balaban J connectivity index is 1.68. The SMILES string of the molecule is COC1CCN(c2nc(-c3nccn3C)nc3sc(-c4ccc(N)nc4C)c(-c4ccccc4)c23)C1. The highest BCUT2D eigenvalue weighted by Crippen LogP contribution is 2.48. The van der Waals surface area contributed by atoms with Crippen LogP contribution in [-0.2, 0) is 11.8 Å². The number of hydrogen-bond acceptors (Lipinski definition) is 8. The van der Waals surface area contributed by atoms with E-state index in [1.807, 2.05) is 36.9 Å². The number of imidazole rings is 1. The third-order valence-corrected chi connectivity index (χ3v) is 7.86. The smallest absolute Gasteiger partial charge is 0.199 e. The highest BCUT2D eigenvalue weighted by atomic mass is 32.1. The molecule has 0 bridgehead atoms. The lowest BCUT2D eigenvalue weighted by atomic mass is 9.99. The molecule has 0 amide bonds. The minimum absolute atomic E-state index is 0.174. The van der Waals surface area contributed by atoms with E-state index in [2.05, 4.69) is 45.2 Å². The number of nitrogens with two attached hydrogens (primary N) is 1. The van der Waals surface area contributed by atoms with Gasteiger partial charge in [-0.15, -0.1) is 11.3 Å². The van der Waals surface area contributed by atoms with Gasteiger partial charge >= 0.3 is 0 Å².